The van der Waals surface area contributed by atoms with Crippen LogP contribution in [0.15, 0.2) is 36.5 Å². The fourth-order valence-corrected chi connectivity index (χ4v) is 2.46. The summed E-state index contributed by atoms with van der Waals surface area (Å²) >= 11 is 0. The number of hydrogen-bond donors (Lipinski definition) is 1. The van der Waals surface area contributed by atoms with Crippen molar-refractivity contribution in [2.45, 2.75) is 0 Å². The summed E-state index contributed by atoms with van der Waals surface area (Å²) in [5.74, 6) is -3.03. The molecule has 26 heavy (non-hydrogen) atoms. The van der Waals surface area contributed by atoms with Crippen LogP contribution >= 0.6 is 0 Å². The van der Waals surface area contributed by atoms with Crippen molar-refractivity contribution in [3.8, 4) is 23.0 Å². The van der Waals surface area contributed by atoms with E-state index in [1.807, 2.05) is 0 Å². The van der Waals surface area contributed by atoms with Crippen molar-refractivity contribution < 1.29 is 27.8 Å². The lowest BCUT2D eigenvalue weighted by Gasteiger charge is -2.13. The lowest BCUT2D eigenvalue weighted by atomic mass is 10.1. The number of nitrogens with two attached hydrogens (primary N) is 1. The number of benzene rings is 2. The minimum absolute atomic E-state index is 0.223. The minimum Gasteiger partial charge on any atom is -0.493 e. The second-order valence-electron chi connectivity index (χ2n) is 5.24. The first-order valence-corrected chi connectivity index (χ1v) is 7.42. The predicted molar refractivity (Wildman–Crippen MR) is 89.8 cm³/mol. The third-order valence-corrected chi connectivity index (χ3v) is 3.74. The summed E-state index contributed by atoms with van der Waals surface area (Å²) in [5, 5.41) is 0.504. The highest BCUT2D eigenvalue weighted by molar-refractivity contribution is 5.93. The van der Waals surface area contributed by atoms with Crippen LogP contribution in [-0.2, 0) is 0 Å². The van der Waals surface area contributed by atoms with Gasteiger partial charge in [0.05, 0.1) is 25.3 Å². The van der Waals surface area contributed by atoms with Gasteiger partial charge in [-0.25, -0.2) is 4.39 Å². The van der Waals surface area contributed by atoms with Crippen molar-refractivity contribution in [3.63, 3.8) is 0 Å². The zero-order valence-corrected chi connectivity index (χ0v) is 13.9. The Hall–Kier alpha value is -3.42. The van der Waals surface area contributed by atoms with E-state index in [-0.39, 0.29) is 5.75 Å². The van der Waals surface area contributed by atoms with Crippen molar-refractivity contribution >= 4 is 16.8 Å². The number of carbonyl (C=O) groups excluding carboxylic acids is 1. The van der Waals surface area contributed by atoms with Crippen molar-refractivity contribution in [1.82, 2.24) is 4.98 Å². The van der Waals surface area contributed by atoms with Gasteiger partial charge < -0.3 is 19.9 Å². The predicted octanol–water partition coefficient (Wildman–Crippen LogP) is 3.42. The molecule has 0 aliphatic carbocycles. The van der Waals surface area contributed by atoms with E-state index in [4.69, 9.17) is 19.9 Å². The van der Waals surface area contributed by atoms with Gasteiger partial charge >= 0.3 is 0 Å². The summed E-state index contributed by atoms with van der Waals surface area (Å²) in [6.45, 7) is 0. The molecule has 2 N–H and O–H groups in total. The fourth-order valence-electron chi connectivity index (χ4n) is 2.46. The zero-order valence-electron chi connectivity index (χ0n) is 13.9. The Bertz CT molecular complexity index is 1010. The number of rotatable bonds is 5. The molecule has 1 amide bonds. The molecule has 0 fully saturated rings. The molecule has 0 radical (unpaired) electrons. The quantitative estimate of drug-likeness (QED) is 0.754. The Kier molecular flexibility index (Phi) is 4.57. The summed E-state index contributed by atoms with van der Waals surface area (Å²) in [6.07, 6.45) is 1.45. The van der Waals surface area contributed by atoms with Crippen LogP contribution in [0.1, 0.15) is 10.4 Å². The average Bonchev–Trinajstić information content (AvgIpc) is 2.64. The van der Waals surface area contributed by atoms with Crippen molar-refractivity contribution in [2.24, 2.45) is 5.73 Å². The van der Waals surface area contributed by atoms with Gasteiger partial charge in [0.15, 0.2) is 23.1 Å². The van der Waals surface area contributed by atoms with E-state index in [0.29, 0.717) is 22.4 Å². The van der Waals surface area contributed by atoms with Crippen LogP contribution in [-0.4, -0.2) is 25.1 Å². The van der Waals surface area contributed by atoms with E-state index < -0.39 is 28.9 Å². The molecule has 0 bridgehead atoms. The third kappa shape index (κ3) is 2.97. The maximum absolute atomic E-state index is 14.2. The zero-order chi connectivity index (χ0) is 18.8. The van der Waals surface area contributed by atoms with Gasteiger partial charge in [-0.2, -0.15) is 4.39 Å². The number of methoxy groups -OCH3 is 2. The van der Waals surface area contributed by atoms with Gasteiger partial charge in [0, 0.05) is 17.6 Å². The maximum Gasteiger partial charge on any atom is 0.251 e. The highest BCUT2D eigenvalue weighted by Crippen LogP contribution is 2.37. The number of aromatic nitrogens is 1. The Balaban J connectivity index is 2.10. The molecule has 0 saturated carbocycles. The van der Waals surface area contributed by atoms with Crippen LogP contribution < -0.4 is 19.9 Å². The topological polar surface area (TPSA) is 83.7 Å². The highest BCUT2D eigenvalue weighted by atomic mass is 19.2. The Morgan fingerprint density at radius 3 is 2.31 bits per heavy atom. The van der Waals surface area contributed by atoms with Gasteiger partial charge in [-0.15, -0.1) is 0 Å². The molecule has 0 atom stereocenters. The molecule has 0 unspecified atom stereocenters. The number of hydrogen-bond acceptors (Lipinski definition) is 5. The minimum atomic E-state index is -1.37. The molecule has 0 aliphatic heterocycles. The largest absolute Gasteiger partial charge is 0.493 e. The Morgan fingerprint density at radius 1 is 0.962 bits per heavy atom. The molecule has 1 heterocycles. The molecule has 6 nitrogen and oxygen atoms in total. The molecule has 134 valence electrons. The van der Waals surface area contributed by atoms with Crippen LogP contribution in [0.4, 0.5) is 8.78 Å². The molecule has 3 aromatic rings. The summed E-state index contributed by atoms with van der Waals surface area (Å²) in [5.41, 5.74) is 4.95. The van der Waals surface area contributed by atoms with E-state index in [9.17, 15) is 13.6 Å². The summed E-state index contributed by atoms with van der Waals surface area (Å²) in [6, 6.07) is 6.93. The first kappa shape index (κ1) is 17.4. The SMILES string of the molecule is COc1cc2nccc(Oc3ccc(C(N)=O)c(F)c3F)c2cc1OC. The molecular weight excluding hydrogens is 346 g/mol. The van der Waals surface area contributed by atoms with Gasteiger partial charge in [-0.3, -0.25) is 9.78 Å². The van der Waals surface area contributed by atoms with Crippen LogP contribution in [0.2, 0.25) is 0 Å². The third-order valence-electron chi connectivity index (χ3n) is 3.74. The summed E-state index contributed by atoms with van der Waals surface area (Å²) in [7, 11) is 2.96. The van der Waals surface area contributed by atoms with Crippen molar-refractivity contribution in [3.05, 3.63) is 53.7 Å². The maximum atomic E-state index is 14.2. The molecule has 1 aromatic heterocycles. The number of pyridine rings is 1. The molecule has 0 spiro atoms. The monoisotopic (exact) mass is 360 g/mol. The Morgan fingerprint density at radius 2 is 1.65 bits per heavy atom. The average molecular weight is 360 g/mol. The molecule has 3 rings (SSSR count). The van der Waals surface area contributed by atoms with Crippen LogP contribution in [0, 0.1) is 11.6 Å². The second-order valence-corrected chi connectivity index (χ2v) is 5.24. The number of carbonyl (C=O) groups is 1. The number of ether oxygens (including phenoxy) is 3. The van der Waals surface area contributed by atoms with Gasteiger partial charge in [0.2, 0.25) is 5.82 Å². The smallest absolute Gasteiger partial charge is 0.251 e. The van der Waals surface area contributed by atoms with E-state index in [0.717, 1.165) is 12.1 Å². The van der Waals surface area contributed by atoms with Crippen LogP contribution in [0.5, 0.6) is 23.0 Å². The van der Waals surface area contributed by atoms with Crippen LogP contribution in [0.3, 0.4) is 0 Å². The standard InChI is InChI=1S/C18H14F2N2O4/c1-24-14-7-10-11(8-15(14)25-2)22-6-5-12(10)26-13-4-3-9(18(21)23)16(19)17(13)20/h3-8H,1-2H3,(H2,21,23). The van der Waals surface area contributed by atoms with Crippen molar-refractivity contribution in [2.75, 3.05) is 14.2 Å². The van der Waals surface area contributed by atoms with E-state index in [2.05, 4.69) is 4.98 Å². The van der Waals surface area contributed by atoms with Crippen molar-refractivity contribution in [1.29, 1.82) is 0 Å². The van der Waals surface area contributed by atoms with E-state index in [1.165, 1.54) is 26.5 Å². The van der Waals surface area contributed by atoms with E-state index >= 15 is 0 Å². The number of nitrogens with zero attached hydrogens (tertiary/aromatic N) is 1. The first-order valence-electron chi connectivity index (χ1n) is 7.42. The molecule has 2 aromatic carbocycles. The number of primary amides is 1. The van der Waals surface area contributed by atoms with Gasteiger partial charge in [-0.05, 0) is 24.3 Å². The molecule has 0 saturated heterocycles. The molecule has 8 heteroatoms. The van der Waals surface area contributed by atoms with Gasteiger partial charge in [0.25, 0.3) is 5.91 Å². The summed E-state index contributed by atoms with van der Waals surface area (Å²) < 4.78 is 44.1. The van der Waals surface area contributed by atoms with Gasteiger partial charge in [-0.1, -0.05) is 0 Å². The normalized spacial score (nSPS) is 10.6. The van der Waals surface area contributed by atoms with E-state index in [1.54, 1.807) is 12.1 Å². The number of amides is 1. The van der Waals surface area contributed by atoms with Gasteiger partial charge in [0.1, 0.15) is 5.75 Å². The fraction of sp³-hybridized carbons (Fsp3) is 0.111. The molecule has 0 aliphatic rings. The first-order chi connectivity index (χ1) is 12.5. The number of halogens is 2. The Labute approximate surface area is 147 Å². The lowest BCUT2D eigenvalue weighted by Crippen LogP contribution is -2.14. The lowest BCUT2D eigenvalue weighted by molar-refractivity contribution is 0.0995. The summed E-state index contributed by atoms with van der Waals surface area (Å²) in [4.78, 5) is 15.3. The molecular formula is C18H14F2N2O4. The van der Waals surface area contributed by atoms with Crippen LogP contribution in [0.25, 0.3) is 10.9 Å². The second kappa shape index (κ2) is 6.83. The highest BCUT2D eigenvalue weighted by Gasteiger charge is 2.19. The number of fused-ring (bicyclic) bond motifs is 1.